The molecular formula is C18H24N6O. The summed E-state index contributed by atoms with van der Waals surface area (Å²) in [5, 5.41) is 7.25. The van der Waals surface area contributed by atoms with Crippen LogP contribution in [0.1, 0.15) is 44.9 Å². The minimum absolute atomic E-state index is 0.00710. The molecule has 2 aliphatic carbocycles. The molecule has 2 fully saturated rings. The Hall–Kier alpha value is -2.44. The number of nitrogens with one attached hydrogen (secondary N) is 1. The van der Waals surface area contributed by atoms with Crippen LogP contribution in [0, 0.1) is 5.92 Å². The normalized spacial score (nSPS) is 18.1. The number of urea groups is 1. The van der Waals surface area contributed by atoms with Crippen molar-refractivity contribution < 1.29 is 4.79 Å². The lowest BCUT2D eigenvalue weighted by Gasteiger charge is -2.34. The highest BCUT2D eigenvalue weighted by molar-refractivity contribution is 5.89. The highest BCUT2D eigenvalue weighted by Crippen LogP contribution is 2.33. The van der Waals surface area contributed by atoms with Crippen LogP contribution in [-0.4, -0.2) is 43.3 Å². The number of carbonyl (C=O) groups excluding carboxylic acids is 1. The lowest BCUT2D eigenvalue weighted by atomic mass is 9.94. The average molecular weight is 340 g/mol. The fraction of sp³-hybridized carbons (Fsp3) is 0.556. The fourth-order valence-corrected chi connectivity index (χ4v) is 3.47. The molecule has 2 aliphatic rings. The zero-order valence-electron chi connectivity index (χ0n) is 14.3. The number of carbonyl (C=O) groups is 1. The Balaban J connectivity index is 1.44. The summed E-state index contributed by atoms with van der Waals surface area (Å²) >= 11 is 0. The lowest BCUT2D eigenvalue weighted by molar-refractivity contribution is 0.163. The standard InChI is InChI=1S/C18H24N6O/c25-18(23(12-14-7-8-14)16-5-2-1-3-6-16)22-15-11-21-24(13-15)17-19-9-4-10-20-17/h4,9-11,13-14,16H,1-3,5-8,12H2,(H,22,25). The maximum Gasteiger partial charge on any atom is 0.322 e. The molecule has 0 aromatic carbocycles. The Morgan fingerprint density at radius 2 is 1.92 bits per heavy atom. The maximum atomic E-state index is 12.9. The number of aromatic nitrogens is 4. The molecule has 0 radical (unpaired) electrons. The van der Waals surface area contributed by atoms with Gasteiger partial charge in [-0.1, -0.05) is 19.3 Å². The quantitative estimate of drug-likeness (QED) is 0.906. The predicted octanol–water partition coefficient (Wildman–Crippen LogP) is 3.24. The van der Waals surface area contributed by atoms with E-state index in [0.29, 0.717) is 23.6 Å². The van der Waals surface area contributed by atoms with Crippen LogP contribution in [0.5, 0.6) is 0 Å². The van der Waals surface area contributed by atoms with Gasteiger partial charge < -0.3 is 10.2 Å². The molecule has 0 aliphatic heterocycles. The van der Waals surface area contributed by atoms with Gasteiger partial charge in [-0.15, -0.1) is 0 Å². The zero-order chi connectivity index (χ0) is 17.1. The molecule has 7 nitrogen and oxygen atoms in total. The van der Waals surface area contributed by atoms with E-state index in [0.717, 1.165) is 19.4 Å². The van der Waals surface area contributed by atoms with E-state index >= 15 is 0 Å². The van der Waals surface area contributed by atoms with Crippen LogP contribution in [0.25, 0.3) is 5.95 Å². The van der Waals surface area contributed by atoms with Gasteiger partial charge in [-0.3, -0.25) is 0 Å². The SMILES string of the molecule is O=C(Nc1cnn(-c2ncccn2)c1)N(CC1CC1)C1CCCCC1. The summed E-state index contributed by atoms with van der Waals surface area (Å²) in [6, 6.07) is 2.13. The molecule has 132 valence electrons. The highest BCUT2D eigenvalue weighted by atomic mass is 16.2. The third-order valence-corrected chi connectivity index (χ3v) is 5.02. The predicted molar refractivity (Wildman–Crippen MR) is 94.5 cm³/mol. The third-order valence-electron chi connectivity index (χ3n) is 5.02. The van der Waals surface area contributed by atoms with Crippen LogP contribution in [0.3, 0.4) is 0 Å². The van der Waals surface area contributed by atoms with Gasteiger partial charge in [0.05, 0.1) is 18.1 Å². The molecule has 2 saturated carbocycles. The molecule has 0 saturated heterocycles. The minimum Gasteiger partial charge on any atom is -0.321 e. The van der Waals surface area contributed by atoms with Crippen LogP contribution in [0.15, 0.2) is 30.9 Å². The Bertz CT molecular complexity index is 705. The Labute approximate surface area is 147 Å². The molecule has 1 N–H and O–H groups in total. The summed E-state index contributed by atoms with van der Waals surface area (Å²) in [7, 11) is 0. The van der Waals surface area contributed by atoms with Gasteiger partial charge in [0.1, 0.15) is 0 Å². The van der Waals surface area contributed by atoms with E-state index in [1.54, 1.807) is 35.5 Å². The molecule has 0 atom stereocenters. The second-order valence-corrected chi connectivity index (χ2v) is 7.04. The Morgan fingerprint density at radius 3 is 2.64 bits per heavy atom. The molecule has 7 heteroatoms. The van der Waals surface area contributed by atoms with E-state index in [-0.39, 0.29) is 6.03 Å². The molecule has 0 spiro atoms. The van der Waals surface area contributed by atoms with Gasteiger partial charge in [0.15, 0.2) is 0 Å². The summed E-state index contributed by atoms with van der Waals surface area (Å²) in [6.07, 6.45) is 15.2. The first-order valence-corrected chi connectivity index (χ1v) is 9.19. The van der Waals surface area contributed by atoms with Crippen molar-refractivity contribution in [1.82, 2.24) is 24.6 Å². The van der Waals surface area contributed by atoms with E-state index in [2.05, 4.69) is 25.3 Å². The lowest BCUT2D eigenvalue weighted by Crippen LogP contribution is -2.45. The van der Waals surface area contributed by atoms with E-state index in [1.165, 1.54) is 32.1 Å². The third kappa shape index (κ3) is 3.97. The van der Waals surface area contributed by atoms with Crippen molar-refractivity contribution in [2.45, 2.75) is 51.0 Å². The maximum absolute atomic E-state index is 12.9. The monoisotopic (exact) mass is 340 g/mol. The number of amides is 2. The molecule has 4 rings (SSSR count). The van der Waals surface area contributed by atoms with Gasteiger partial charge in [0, 0.05) is 25.0 Å². The number of hydrogen-bond acceptors (Lipinski definition) is 4. The summed E-state index contributed by atoms with van der Waals surface area (Å²) in [4.78, 5) is 23.3. The molecule has 2 aromatic heterocycles. The van der Waals surface area contributed by atoms with Crippen molar-refractivity contribution in [3.05, 3.63) is 30.9 Å². The van der Waals surface area contributed by atoms with Gasteiger partial charge in [0.2, 0.25) is 5.95 Å². The van der Waals surface area contributed by atoms with Crippen LogP contribution >= 0.6 is 0 Å². The van der Waals surface area contributed by atoms with Gasteiger partial charge in [0.25, 0.3) is 0 Å². The summed E-state index contributed by atoms with van der Waals surface area (Å²) < 4.78 is 1.57. The van der Waals surface area contributed by atoms with Gasteiger partial charge in [-0.25, -0.2) is 19.4 Å². The van der Waals surface area contributed by atoms with E-state index in [1.807, 2.05) is 0 Å². The largest absolute Gasteiger partial charge is 0.322 e. The second kappa shape index (κ2) is 7.21. The molecule has 2 heterocycles. The molecule has 2 aromatic rings. The number of rotatable bonds is 5. The number of hydrogen-bond donors (Lipinski definition) is 1. The topological polar surface area (TPSA) is 75.9 Å². The summed E-state index contributed by atoms with van der Waals surface area (Å²) in [5.74, 6) is 1.18. The van der Waals surface area contributed by atoms with Crippen molar-refractivity contribution >= 4 is 11.7 Å². The summed E-state index contributed by atoms with van der Waals surface area (Å²) in [5.41, 5.74) is 0.675. The highest BCUT2D eigenvalue weighted by Gasteiger charge is 2.32. The first-order valence-electron chi connectivity index (χ1n) is 9.19. The van der Waals surface area contributed by atoms with Gasteiger partial charge in [-0.05, 0) is 37.7 Å². The van der Waals surface area contributed by atoms with E-state index in [4.69, 9.17) is 0 Å². The van der Waals surface area contributed by atoms with Crippen molar-refractivity contribution in [3.8, 4) is 5.95 Å². The van der Waals surface area contributed by atoms with Crippen LogP contribution in [0.2, 0.25) is 0 Å². The first kappa shape index (κ1) is 16.1. The number of anilines is 1. The summed E-state index contributed by atoms with van der Waals surface area (Å²) in [6.45, 7) is 0.881. The van der Waals surface area contributed by atoms with E-state index in [9.17, 15) is 4.79 Å². The van der Waals surface area contributed by atoms with Crippen LogP contribution in [0.4, 0.5) is 10.5 Å². The molecular weight excluding hydrogens is 316 g/mol. The second-order valence-electron chi connectivity index (χ2n) is 7.04. The molecule has 0 unspecified atom stereocenters. The van der Waals surface area contributed by atoms with E-state index < -0.39 is 0 Å². The molecule has 0 bridgehead atoms. The molecule has 2 amide bonds. The van der Waals surface area contributed by atoms with Crippen molar-refractivity contribution in [2.75, 3.05) is 11.9 Å². The number of nitrogens with zero attached hydrogens (tertiary/aromatic N) is 5. The minimum atomic E-state index is -0.00710. The van der Waals surface area contributed by atoms with Gasteiger partial charge in [-0.2, -0.15) is 5.10 Å². The van der Waals surface area contributed by atoms with Crippen molar-refractivity contribution in [1.29, 1.82) is 0 Å². The van der Waals surface area contributed by atoms with Crippen molar-refractivity contribution in [2.24, 2.45) is 5.92 Å². The Morgan fingerprint density at radius 1 is 1.16 bits per heavy atom. The van der Waals surface area contributed by atoms with Crippen molar-refractivity contribution in [3.63, 3.8) is 0 Å². The average Bonchev–Trinajstić information content (AvgIpc) is 3.37. The van der Waals surface area contributed by atoms with Gasteiger partial charge >= 0.3 is 6.03 Å². The first-order chi connectivity index (χ1) is 12.3. The fourth-order valence-electron chi connectivity index (χ4n) is 3.47. The van der Waals surface area contributed by atoms with Crippen LogP contribution in [-0.2, 0) is 0 Å². The van der Waals surface area contributed by atoms with Crippen LogP contribution < -0.4 is 5.32 Å². The molecule has 25 heavy (non-hydrogen) atoms. The Kier molecular flexibility index (Phi) is 4.63. The smallest absolute Gasteiger partial charge is 0.321 e. The zero-order valence-corrected chi connectivity index (χ0v) is 14.3.